The van der Waals surface area contributed by atoms with Gasteiger partial charge < -0.3 is 16.2 Å². The zero-order valence-electron chi connectivity index (χ0n) is 5.55. The van der Waals surface area contributed by atoms with E-state index in [0.29, 0.717) is 12.6 Å². The number of rotatable bonds is 1. The van der Waals surface area contributed by atoms with Gasteiger partial charge in [-0.15, -0.1) is 0 Å². The molecular formula is C6H14N2O. The molecule has 0 aromatic carbocycles. The Hall–Kier alpha value is -0.120. The number of hydrogen-bond donors (Lipinski definition) is 2. The van der Waals surface area contributed by atoms with E-state index in [2.05, 4.69) is 0 Å². The van der Waals surface area contributed by atoms with E-state index >= 15 is 0 Å². The summed E-state index contributed by atoms with van der Waals surface area (Å²) in [6.07, 6.45) is 2.13. The first kappa shape index (κ1) is 6.99. The van der Waals surface area contributed by atoms with Crippen LogP contribution >= 0.6 is 0 Å². The summed E-state index contributed by atoms with van der Waals surface area (Å²) in [5.41, 5.74) is 11.1. The van der Waals surface area contributed by atoms with Crippen molar-refractivity contribution in [2.45, 2.75) is 25.0 Å². The van der Waals surface area contributed by atoms with E-state index in [1.165, 1.54) is 0 Å². The summed E-state index contributed by atoms with van der Waals surface area (Å²) in [5, 5.41) is 0. The van der Waals surface area contributed by atoms with Gasteiger partial charge in [0.15, 0.2) is 0 Å². The molecule has 9 heavy (non-hydrogen) atoms. The fourth-order valence-electron chi connectivity index (χ4n) is 1.07. The molecule has 1 aliphatic rings. The largest absolute Gasteiger partial charge is 0.377 e. The van der Waals surface area contributed by atoms with Crippen LogP contribution in [0.25, 0.3) is 0 Å². The van der Waals surface area contributed by atoms with Gasteiger partial charge in [0.1, 0.15) is 0 Å². The summed E-state index contributed by atoms with van der Waals surface area (Å²) in [6.45, 7) is 1.39. The minimum absolute atomic E-state index is 0.216. The van der Waals surface area contributed by atoms with E-state index in [-0.39, 0.29) is 6.10 Å². The van der Waals surface area contributed by atoms with E-state index in [1.807, 2.05) is 0 Å². The van der Waals surface area contributed by atoms with Crippen molar-refractivity contribution in [1.82, 2.24) is 0 Å². The predicted molar refractivity (Wildman–Crippen MR) is 36.0 cm³/mol. The van der Waals surface area contributed by atoms with Crippen molar-refractivity contribution in [2.75, 3.05) is 13.2 Å². The Morgan fingerprint density at radius 3 is 2.78 bits per heavy atom. The summed E-state index contributed by atoms with van der Waals surface area (Å²) < 4.78 is 5.29. The highest BCUT2D eigenvalue weighted by atomic mass is 16.5. The normalized spacial score (nSPS) is 36.7. The van der Waals surface area contributed by atoms with Crippen molar-refractivity contribution in [2.24, 2.45) is 11.5 Å². The van der Waals surface area contributed by atoms with Crippen LogP contribution in [0.5, 0.6) is 0 Å². The molecule has 0 aliphatic carbocycles. The topological polar surface area (TPSA) is 61.3 Å². The number of hydrogen-bond acceptors (Lipinski definition) is 3. The van der Waals surface area contributed by atoms with Gasteiger partial charge in [-0.1, -0.05) is 0 Å². The summed E-state index contributed by atoms with van der Waals surface area (Å²) in [7, 11) is 0. The van der Waals surface area contributed by atoms with Crippen molar-refractivity contribution in [3.8, 4) is 0 Å². The Kier molecular flexibility index (Phi) is 2.45. The third kappa shape index (κ3) is 1.93. The van der Waals surface area contributed by atoms with Crippen LogP contribution < -0.4 is 11.5 Å². The Morgan fingerprint density at radius 2 is 2.33 bits per heavy atom. The molecule has 1 aliphatic heterocycles. The zero-order chi connectivity index (χ0) is 6.69. The summed E-state index contributed by atoms with van der Waals surface area (Å²) in [5.74, 6) is 0. The molecule has 1 fully saturated rings. The molecule has 2 unspecified atom stereocenters. The lowest BCUT2D eigenvalue weighted by molar-refractivity contribution is 0.0139. The highest BCUT2D eigenvalue weighted by Gasteiger charge is 2.17. The lowest BCUT2D eigenvalue weighted by Crippen LogP contribution is -2.38. The van der Waals surface area contributed by atoms with Gasteiger partial charge in [0.05, 0.1) is 6.10 Å². The maximum atomic E-state index is 5.67. The monoisotopic (exact) mass is 130 g/mol. The molecule has 1 rings (SSSR count). The smallest absolute Gasteiger partial charge is 0.0712 e. The van der Waals surface area contributed by atoms with E-state index in [0.717, 1.165) is 19.4 Å². The van der Waals surface area contributed by atoms with Gasteiger partial charge >= 0.3 is 0 Å². The van der Waals surface area contributed by atoms with E-state index in [9.17, 15) is 0 Å². The molecule has 0 aromatic rings. The average molecular weight is 130 g/mol. The summed E-state index contributed by atoms with van der Waals surface area (Å²) >= 11 is 0. The van der Waals surface area contributed by atoms with Gasteiger partial charge in [0.2, 0.25) is 0 Å². The Morgan fingerprint density at radius 1 is 1.56 bits per heavy atom. The SMILES string of the molecule is NCC1CC(N)CCO1. The minimum atomic E-state index is 0.216. The van der Waals surface area contributed by atoms with Gasteiger partial charge in [-0.2, -0.15) is 0 Å². The van der Waals surface area contributed by atoms with E-state index in [4.69, 9.17) is 16.2 Å². The Balaban J connectivity index is 2.23. The molecule has 0 amide bonds. The standard InChI is InChI=1S/C6H14N2O/c7-4-6-3-5(8)1-2-9-6/h5-6H,1-4,7-8H2. The highest BCUT2D eigenvalue weighted by molar-refractivity contribution is 4.73. The lowest BCUT2D eigenvalue weighted by atomic mass is 10.0. The fraction of sp³-hybridized carbons (Fsp3) is 1.00. The van der Waals surface area contributed by atoms with Crippen LogP contribution in [0.2, 0.25) is 0 Å². The lowest BCUT2D eigenvalue weighted by Gasteiger charge is -2.25. The first-order chi connectivity index (χ1) is 4.33. The Bertz CT molecular complexity index is 87.1. The third-order valence-corrected chi connectivity index (χ3v) is 1.67. The van der Waals surface area contributed by atoms with E-state index in [1.54, 1.807) is 0 Å². The van der Waals surface area contributed by atoms with Crippen LogP contribution in [-0.2, 0) is 4.74 Å². The summed E-state index contributed by atoms with van der Waals surface area (Å²) in [4.78, 5) is 0. The second kappa shape index (κ2) is 3.15. The van der Waals surface area contributed by atoms with Gasteiger partial charge in [0, 0.05) is 19.2 Å². The number of ether oxygens (including phenoxy) is 1. The predicted octanol–water partition coefficient (Wildman–Crippen LogP) is -0.549. The maximum absolute atomic E-state index is 5.67. The molecule has 4 N–H and O–H groups in total. The van der Waals surface area contributed by atoms with Crippen LogP contribution in [0.3, 0.4) is 0 Å². The van der Waals surface area contributed by atoms with Crippen LogP contribution in [0.4, 0.5) is 0 Å². The molecule has 0 spiro atoms. The minimum Gasteiger partial charge on any atom is -0.377 e. The summed E-state index contributed by atoms with van der Waals surface area (Å²) in [6, 6.07) is 0.312. The molecule has 54 valence electrons. The second-order valence-corrected chi connectivity index (χ2v) is 2.51. The molecule has 2 atom stereocenters. The van der Waals surface area contributed by atoms with Crippen LogP contribution in [0, 0.1) is 0 Å². The third-order valence-electron chi connectivity index (χ3n) is 1.67. The molecular weight excluding hydrogens is 116 g/mol. The van der Waals surface area contributed by atoms with E-state index < -0.39 is 0 Å². The van der Waals surface area contributed by atoms with Crippen LogP contribution in [0.1, 0.15) is 12.8 Å². The van der Waals surface area contributed by atoms with Gasteiger partial charge in [-0.05, 0) is 12.8 Å². The van der Waals surface area contributed by atoms with Crippen molar-refractivity contribution in [3.63, 3.8) is 0 Å². The molecule has 0 saturated carbocycles. The second-order valence-electron chi connectivity index (χ2n) is 2.51. The van der Waals surface area contributed by atoms with Crippen molar-refractivity contribution < 1.29 is 4.74 Å². The maximum Gasteiger partial charge on any atom is 0.0712 e. The molecule has 1 saturated heterocycles. The van der Waals surface area contributed by atoms with Crippen LogP contribution in [-0.4, -0.2) is 25.3 Å². The molecule has 0 radical (unpaired) electrons. The fourth-order valence-corrected chi connectivity index (χ4v) is 1.07. The van der Waals surface area contributed by atoms with Crippen LogP contribution in [0.15, 0.2) is 0 Å². The number of nitrogens with two attached hydrogens (primary N) is 2. The highest BCUT2D eigenvalue weighted by Crippen LogP contribution is 2.09. The molecule has 0 aromatic heterocycles. The van der Waals surface area contributed by atoms with Crippen molar-refractivity contribution >= 4 is 0 Å². The quantitative estimate of drug-likeness (QED) is 0.500. The zero-order valence-corrected chi connectivity index (χ0v) is 5.55. The Labute approximate surface area is 55.4 Å². The van der Waals surface area contributed by atoms with Gasteiger partial charge in [-0.25, -0.2) is 0 Å². The van der Waals surface area contributed by atoms with Crippen molar-refractivity contribution in [1.29, 1.82) is 0 Å². The molecule has 3 heteroatoms. The van der Waals surface area contributed by atoms with Crippen molar-refractivity contribution in [3.05, 3.63) is 0 Å². The molecule has 1 heterocycles. The molecule has 3 nitrogen and oxygen atoms in total. The van der Waals surface area contributed by atoms with Gasteiger partial charge in [0.25, 0.3) is 0 Å². The van der Waals surface area contributed by atoms with Gasteiger partial charge in [-0.3, -0.25) is 0 Å². The first-order valence-corrected chi connectivity index (χ1v) is 3.40. The molecule has 0 bridgehead atoms. The first-order valence-electron chi connectivity index (χ1n) is 3.40. The average Bonchev–Trinajstić information content (AvgIpc) is 1.88.